The Labute approximate surface area is 153 Å². The second-order valence-electron chi connectivity index (χ2n) is 6.62. The monoisotopic (exact) mass is 366 g/mol. The van der Waals surface area contributed by atoms with Crippen LogP contribution in [0.2, 0.25) is 0 Å². The molecule has 1 N–H and O–H groups in total. The zero-order valence-corrected chi connectivity index (χ0v) is 15.0. The minimum absolute atomic E-state index is 0.145. The van der Waals surface area contributed by atoms with Crippen LogP contribution in [-0.4, -0.2) is 63.1 Å². The highest BCUT2D eigenvalue weighted by Crippen LogP contribution is 2.24. The standard InChI is InChI=1S/C19H27FN2O4/c20-17-7-2-1-6-16(17)18-13-22(9-12-26-18)19(23)21-8-4-10-24-14-15-5-3-11-25-15/h1-2,6-7,15,18H,3-5,8-14H2,(H,21,23). The zero-order chi connectivity index (χ0) is 18.2. The van der Waals surface area contributed by atoms with Crippen molar-refractivity contribution < 1.29 is 23.4 Å². The van der Waals surface area contributed by atoms with Gasteiger partial charge in [0, 0.05) is 31.9 Å². The fourth-order valence-corrected chi connectivity index (χ4v) is 3.23. The van der Waals surface area contributed by atoms with E-state index in [0.717, 1.165) is 25.9 Å². The normalized spacial score (nSPS) is 23.2. The summed E-state index contributed by atoms with van der Waals surface area (Å²) in [6.07, 6.45) is 2.73. The van der Waals surface area contributed by atoms with Gasteiger partial charge < -0.3 is 24.4 Å². The van der Waals surface area contributed by atoms with E-state index in [0.29, 0.717) is 45.0 Å². The van der Waals surface area contributed by atoms with E-state index in [1.165, 1.54) is 6.07 Å². The Morgan fingerprint density at radius 1 is 1.31 bits per heavy atom. The predicted molar refractivity (Wildman–Crippen MR) is 94.5 cm³/mol. The highest BCUT2D eigenvalue weighted by atomic mass is 19.1. The van der Waals surface area contributed by atoms with E-state index < -0.39 is 6.10 Å². The molecule has 2 aliphatic rings. The Kier molecular flexibility index (Phi) is 7.22. The van der Waals surface area contributed by atoms with E-state index in [2.05, 4.69) is 5.32 Å². The van der Waals surface area contributed by atoms with Crippen molar-refractivity contribution in [3.05, 3.63) is 35.6 Å². The van der Waals surface area contributed by atoms with E-state index in [4.69, 9.17) is 14.2 Å². The van der Waals surface area contributed by atoms with Gasteiger partial charge in [0.25, 0.3) is 0 Å². The molecule has 26 heavy (non-hydrogen) atoms. The molecule has 6 nitrogen and oxygen atoms in total. The van der Waals surface area contributed by atoms with Crippen molar-refractivity contribution in [1.82, 2.24) is 10.2 Å². The minimum Gasteiger partial charge on any atom is -0.379 e. The number of benzene rings is 1. The first-order chi connectivity index (χ1) is 12.7. The van der Waals surface area contributed by atoms with Crippen LogP contribution in [0.3, 0.4) is 0 Å². The first-order valence-electron chi connectivity index (χ1n) is 9.32. The maximum atomic E-state index is 13.9. The van der Waals surface area contributed by atoms with Gasteiger partial charge in [0.1, 0.15) is 11.9 Å². The van der Waals surface area contributed by atoms with Gasteiger partial charge in [-0.3, -0.25) is 0 Å². The Balaban J connectivity index is 1.34. The van der Waals surface area contributed by atoms with Crippen LogP contribution < -0.4 is 5.32 Å². The quantitative estimate of drug-likeness (QED) is 0.754. The number of ether oxygens (including phenoxy) is 3. The number of hydrogen-bond donors (Lipinski definition) is 1. The van der Waals surface area contributed by atoms with Crippen LogP contribution in [-0.2, 0) is 14.2 Å². The molecule has 7 heteroatoms. The third-order valence-corrected chi connectivity index (χ3v) is 4.68. The molecule has 0 spiro atoms. The number of urea groups is 1. The molecule has 0 aromatic heterocycles. The summed E-state index contributed by atoms with van der Waals surface area (Å²) < 4.78 is 30.6. The van der Waals surface area contributed by atoms with Crippen LogP contribution in [0.4, 0.5) is 9.18 Å². The number of halogens is 1. The molecule has 2 amide bonds. The van der Waals surface area contributed by atoms with Gasteiger partial charge >= 0.3 is 6.03 Å². The SMILES string of the molecule is O=C(NCCCOCC1CCCO1)N1CCOC(c2ccccc2F)C1. The summed E-state index contributed by atoms with van der Waals surface area (Å²) in [7, 11) is 0. The van der Waals surface area contributed by atoms with Crippen LogP contribution in [0, 0.1) is 5.82 Å². The van der Waals surface area contributed by atoms with Gasteiger partial charge in [0.05, 0.1) is 25.9 Å². The summed E-state index contributed by atoms with van der Waals surface area (Å²) in [5.74, 6) is -0.303. The molecule has 1 aromatic rings. The van der Waals surface area contributed by atoms with Gasteiger partial charge in [0.15, 0.2) is 0 Å². The molecule has 144 valence electrons. The molecule has 0 saturated carbocycles. The van der Waals surface area contributed by atoms with Crippen molar-refractivity contribution in [2.45, 2.75) is 31.5 Å². The van der Waals surface area contributed by atoms with Gasteiger partial charge in [-0.05, 0) is 25.3 Å². The third-order valence-electron chi connectivity index (χ3n) is 4.68. The van der Waals surface area contributed by atoms with Crippen LogP contribution in [0.1, 0.15) is 30.9 Å². The molecule has 0 radical (unpaired) electrons. The second kappa shape index (κ2) is 9.85. The maximum Gasteiger partial charge on any atom is 0.317 e. The highest BCUT2D eigenvalue weighted by Gasteiger charge is 2.26. The average Bonchev–Trinajstić information content (AvgIpc) is 3.18. The van der Waals surface area contributed by atoms with E-state index >= 15 is 0 Å². The molecule has 1 aromatic carbocycles. The van der Waals surface area contributed by atoms with E-state index in [1.807, 2.05) is 0 Å². The van der Waals surface area contributed by atoms with Crippen molar-refractivity contribution in [3.8, 4) is 0 Å². The molecule has 2 saturated heterocycles. The number of rotatable bonds is 7. The second-order valence-corrected chi connectivity index (χ2v) is 6.62. The lowest BCUT2D eigenvalue weighted by Crippen LogP contribution is -2.47. The summed E-state index contributed by atoms with van der Waals surface area (Å²) in [4.78, 5) is 14.0. The van der Waals surface area contributed by atoms with Crippen LogP contribution >= 0.6 is 0 Å². The van der Waals surface area contributed by atoms with Crippen molar-refractivity contribution in [3.63, 3.8) is 0 Å². The van der Waals surface area contributed by atoms with E-state index in [1.54, 1.807) is 23.1 Å². The molecule has 0 bridgehead atoms. The first kappa shape index (κ1) is 19.1. The number of nitrogens with one attached hydrogen (secondary N) is 1. The minimum atomic E-state index is -0.426. The van der Waals surface area contributed by atoms with Crippen molar-refractivity contribution >= 4 is 6.03 Å². The predicted octanol–water partition coefficient (Wildman–Crippen LogP) is 2.49. The Morgan fingerprint density at radius 3 is 3.00 bits per heavy atom. The Morgan fingerprint density at radius 2 is 2.19 bits per heavy atom. The van der Waals surface area contributed by atoms with Gasteiger partial charge in [-0.25, -0.2) is 9.18 Å². The molecular formula is C19H27FN2O4. The fourth-order valence-electron chi connectivity index (χ4n) is 3.23. The van der Waals surface area contributed by atoms with Crippen molar-refractivity contribution in [2.24, 2.45) is 0 Å². The maximum absolute atomic E-state index is 13.9. The number of nitrogens with zero attached hydrogens (tertiary/aromatic N) is 1. The number of carbonyl (C=O) groups excluding carboxylic acids is 1. The molecule has 2 unspecified atom stereocenters. The molecule has 2 aliphatic heterocycles. The summed E-state index contributed by atoms with van der Waals surface area (Å²) >= 11 is 0. The van der Waals surface area contributed by atoms with E-state index in [9.17, 15) is 9.18 Å². The fraction of sp³-hybridized carbons (Fsp3) is 0.632. The van der Waals surface area contributed by atoms with Crippen LogP contribution in [0.25, 0.3) is 0 Å². The van der Waals surface area contributed by atoms with Crippen molar-refractivity contribution in [2.75, 3.05) is 46.1 Å². The van der Waals surface area contributed by atoms with Gasteiger partial charge in [-0.2, -0.15) is 0 Å². The number of carbonyl (C=O) groups is 1. The third kappa shape index (κ3) is 5.40. The molecule has 2 atom stereocenters. The number of morpholine rings is 1. The summed E-state index contributed by atoms with van der Waals surface area (Å²) in [6.45, 7) is 3.86. The molecular weight excluding hydrogens is 339 g/mol. The Hall–Kier alpha value is -1.70. The first-order valence-corrected chi connectivity index (χ1v) is 9.32. The molecule has 2 heterocycles. The Bertz CT molecular complexity index is 580. The number of hydrogen-bond acceptors (Lipinski definition) is 4. The molecule has 3 rings (SSSR count). The topological polar surface area (TPSA) is 60.0 Å². The zero-order valence-electron chi connectivity index (χ0n) is 15.0. The summed E-state index contributed by atoms with van der Waals surface area (Å²) in [5.41, 5.74) is 0.493. The summed E-state index contributed by atoms with van der Waals surface area (Å²) in [5, 5.41) is 2.89. The summed E-state index contributed by atoms with van der Waals surface area (Å²) in [6, 6.07) is 6.39. The van der Waals surface area contributed by atoms with Crippen LogP contribution in [0.5, 0.6) is 0 Å². The van der Waals surface area contributed by atoms with Crippen LogP contribution in [0.15, 0.2) is 24.3 Å². The molecule has 2 fully saturated rings. The van der Waals surface area contributed by atoms with Gasteiger partial charge in [-0.15, -0.1) is 0 Å². The lowest BCUT2D eigenvalue weighted by molar-refractivity contribution is -0.0172. The number of amides is 2. The van der Waals surface area contributed by atoms with E-state index in [-0.39, 0.29) is 18.0 Å². The van der Waals surface area contributed by atoms with Gasteiger partial charge in [-0.1, -0.05) is 18.2 Å². The lowest BCUT2D eigenvalue weighted by Gasteiger charge is -2.33. The highest BCUT2D eigenvalue weighted by molar-refractivity contribution is 5.74. The smallest absolute Gasteiger partial charge is 0.317 e. The average molecular weight is 366 g/mol. The lowest BCUT2D eigenvalue weighted by atomic mass is 10.1. The molecule has 0 aliphatic carbocycles. The van der Waals surface area contributed by atoms with Gasteiger partial charge in [0.2, 0.25) is 0 Å². The van der Waals surface area contributed by atoms with Crippen molar-refractivity contribution in [1.29, 1.82) is 0 Å². The largest absolute Gasteiger partial charge is 0.379 e.